The molecule has 0 bridgehead atoms. The largest absolute Gasteiger partial charge is 0.385 e. The molecule has 0 amide bonds. The number of fused-ring (bicyclic) bond motifs is 5. The molecule has 0 aromatic carbocycles. The Hall–Kier alpha value is -1.15. The summed E-state index contributed by atoms with van der Waals surface area (Å²) in [5.74, 6) is 1.82. The molecule has 0 aromatic heterocycles. The van der Waals surface area contributed by atoms with Gasteiger partial charge in [-0.05, 0) is 66.4 Å². The predicted molar refractivity (Wildman–Crippen MR) is 87.2 cm³/mol. The van der Waals surface area contributed by atoms with E-state index in [2.05, 4.69) is 25.7 Å². The number of hydrogen-bond acceptors (Lipinski definition) is 2. The molecule has 0 radical (unpaired) electrons. The van der Waals surface area contributed by atoms with Crippen LogP contribution in [-0.2, 0) is 4.79 Å². The van der Waals surface area contributed by atoms with Gasteiger partial charge in [0.1, 0.15) is 5.78 Å². The van der Waals surface area contributed by atoms with Crippen molar-refractivity contribution >= 4 is 5.78 Å². The molecule has 4 rings (SSSR count). The molecule has 5 atom stereocenters. The first kappa shape index (κ1) is 14.4. The van der Waals surface area contributed by atoms with Gasteiger partial charge in [-0.3, -0.25) is 4.79 Å². The summed E-state index contributed by atoms with van der Waals surface area (Å²) in [5, 5.41) is 11.4. The summed E-state index contributed by atoms with van der Waals surface area (Å²) < 4.78 is 0. The maximum Gasteiger partial charge on any atom is 0.137 e. The van der Waals surface area contributed by atoms with Gasteiger partial charge in [0.2, 0.25) is 0 Å². The summed E-state index contributed by atoms with van der Waals surface area (Å²) >= 11 is 0. The minimum atomic E-state index is -0.699. The average molecular weight is 298 g/mol. The molecule has 118 valence electrons. The molecule has 3 unspecified atom stereocenters. The van der Waals surface area contributed by atoms with E-state index in [4.69, 9.17) is 0 Å². The molecule has 1 N–H and O–H groups in total. The maximum absolute atomic E-state index is 11.8. The molecular weight excluding hydrogens is 272 g/mol. The second kappa shape index (κ2) is 4.67. The van der Waals surface area contributed by atoms with Gasteiger partial charge in [-0.2, -0.15) is 0 Å². The minimum Gasteiger partial charge on any atom is -0.385 e. The van der Waals surface area contributed by atoms with E-state index in [9.17, 15) is 9.90 Å². The molecule has 0 aromatic rings. The van der Waals surface area contributed by atoms with Gasteiger partial charge in [0.05, 0.1) is 5.60 Å². The monoisotopic (exact) mass is 298 g/mol. The van der Waals surface area contributed by atoms with Crippen LogP contribution in [0.4, 0.5) is 0 Å². The third-order valence-electron chi connectivity index (χ3n) is 7.28. The van der Waals surface area contributed by atoms with E-state index >= 15 is 0 Å². The number of rotatable bonds is 1. The molecule has 2 saturated carbocycles. The van der Waals surface area contributed by atoms with Crippen LogP contribution in [0, 0.1) is 23.2 Å². The van der Waals surface area contributed by atoms with Gasteiger partial charge in [-0.25, -0.2) is 0 Å². The third-order valence-corrected chi connectivity index (χ3v) is 7.28. The topological polar surface area (TPSA) is 37.3 Å². The Morgan fingerprint density at radius 1 is 1.27 bits per heavy atom. The third kappa shape index (κ3) is 1.73. The Balaban J connectivity index is 1.69. The highest BCUT2D eigenvalue weighted by molar-refractivity contribution is 5.83. The number of allylic oxidation sites excluding steroid dienone is 4. The van der Waals surface area contributed by atoms with Crippen molar-refractivity contribution in [1.82, 2.24) is 0 Å². The van der Waals surface area contributed by atoms with Crippen LogP contribution in [0.5, 0.6) is 0 Å². The number of carbonyl (C=O) groups excluding carboxylic acids is 1. The number of ketones is 1. The quantitative estimate of drug-likeness (QED) is 0.744. The van der Waals surface area contributed by atoms with E-state index in [-0.39, 0.29) is 5.41 Å². The Labute approximate surface area is 133 Å². The molecule has 2 heteroatoms. The van der Waals surface area contributed by atoms with Crippen molar-refractivity contribution in [2.24, 2.45) is 23.2 Å². The van der Waals surface area contributed by atoms with Crippen LogP contribution in [0.3, 0.4) is 0 Å². The van der Waals surface area contributed by atoms with Crippen molar-refractivity contribution in [1.29, 1.82) is 0 Å². The molecule has 2 nitrogen and oxygen atoms in total. The highest BCUT2D eigenvalue weighted by Gasteiger charge is 2.57. The van der Waals surface area contributed by atoms with Crippen molar-refractivity contribution < 1.29 is 9.90 Å². The lowest BCUT2D eigenvalue weighted by Crippen LogP contribution is -2.54. The molecule has 0 spiro atoms. The minimum absolute atomic E-state index is 0.245. The average Bonchev–Trinajstić information content (AvgIpc) is 2.84. The lowest BCUT2D eigenvalue weighted by molar-refractivity contribution is -0.128. The van der Waals surface area contributed by atoms with Crippen molar-refractivity contribution in [2.45, 2.75) is 57.5 Å². The lowest BCUT2D eigenvalue weighted by atomic mass is 9.50. The zero-order valence-electron chi connectivity index (χ0n) is 13.5. The molecule has 0 saturated heterocycles. The van der Waals surface area contributed by atoms with E-state index in [1.807, 2.05) is 6.08 Å². The first-order valence-corrected chi connectivity index (χ1v) is 8.76. The van der Waals surface area contributed by atoms with Gasteiger partial charge in [0.15, 0.2) is 0 Å². The SMILES string of the molecule is C=CC1=CCC2C3CC=C4CC(=O)CC[C@]4(O)C3CC[C@]12C. The molecule has 0 aliphatic heterocycles. The summed E-state index contributed by atoms with van der Waals surface area (Å²) in [4.78, 5) is 11.8. The number of hydrogen-bond donors (Lipinski definition) is 1. The zero-order valence-corrected chi connectivity index (χ0v) is 13.5. The second-order valence-electron chi connectivity index (χ2n) is 8.04. The first-order chi connectivity index (χ1) is 10.5. The fourth-order valence-corrected chi connectivity index (χ4v) is 6.02. The van der Waals surface area contributed by atoms with Crippen LogP contribution < -0.4 is 0 Å². The van der Waals surface area contributed by atoms with E-state index in [0.717, 1.165) is 31.3 Å². The van der Waals surface area contributed by atoms with Crippen LogP contribution in [0.2, 0.25) is 0 Å². The van der Waals surface area contributed by atoms with Crippen molar-refractivity contribution in [2.75, 3.05) is 0 Å². The van der Waals surface area contributed by atoms with Crippen molar-refractivity contribution in [3.05, 3.63) is 36.0 Å². The summed E-state index contributed by atoms with van der Waals surface area (Å²) in [5.41, 5.74) is 1.99. The molecule has 4 aliphatic rings. The molecule has 2 fully saturated rings. The Morgan fingerprint density at radius 2 is 2.09 bits per heavy atom. The van der Waals surface area contributed by atoms with Gasteiger partial charge < -0.3 is 5.11 Å². The van der Waals surface area contributed by atoms with Crippen molar-refractivity contribution in [3.8, 4) is 0 Å². The summed E-state index contributed by atoms with van der Waals surface area (Å²) in [7, 11) is 0. The fraction of sp³-hybridized carbons (Fsp3) is 0.650. The highest BCUT2D eigenvalue weighted by atomic mass is 16.3. The summed E-state index contributed by atoms with van der Waals surface area (Å²) in [6.07, 6.45) is 12.7. The van der Waals surface area contributed by atoms with Crippen LogP contribution in [-0.4, -0.2) is 16.5 Å². The van der Waals surface area contributed by atoms with E-state index in [1.54, 1.807) is 0 Å². The molecule has 22 heavy (non-hydrogen) atoms. The zero-order chi connectivity index (χ0) is 15.5. The summed E-state index contributed by atoms with van der Waals surface area (Å²) in [6.45, 7) is 6.39. The number of Topliss-reactive ketones (excluding diaryl/α,β-unsaturated/α-hetero) is 1. The van der Waals surface area contributed by atoms with E-state index < -0.39 is 5.60 Å². The van der Waals surface area contributed by atoms with E-state index in [1.165, 1.54) is 5.57 Å². The maximum atomic E-state index is 11.8. The lowest BCUT2D eigenvalue weighted by Gasteiger charge is -2.55. The van der Waals surface area contributed by atoms with E-state index in [0.29, 0.717) is 42.8 Å². The highest BCUT2D eigenvalue weighted by Crippen LogP contribution is 2.62. The Morgan fingerprint density at radius 3 is 2.86 bits per heavy atom. The smallest absolute Gasteiger partial charge is 0.137 e. The molecular formula is C20H26O2. The number of aliphatic hydroxyl groups is 1. The fourth-order valence-electron chi connectivity index (χ4n) is 6.02. The van der Waals surface area contributed by atoms with Gasteiger partial charge in [0.25, 0.3) is 0 Å². The Kier molecular flexibility index (Phi) is 3.07. The normalized spacial score (nSPS) is 47.0. The Bertz CT molecular complexity index is 599. The van der Waals surface area contributed by atoms with Crippen LogP contribution >= 0.6 is 0 Å². The molecule has 0 heterocycles. The van der Waals surface area contributed by atoms with Gasteiger partial charge in [-0.1, -0.05) is 31.7 Å². The second-order valence-corrected chi connectivity index (χ2v) is 8.04. The van der Waals surface area contributed by atoms with Gasteiger partial charge >= 0.3 is 0 Å². The summed E-state index contributed by atoms with van der Waals surface area (Å²) in [6, 6.07) is 0. The standard InChI is InChI=1S/C20H26O2/c1-3-13-5-7-17-16-6-4-14-12-15(21)8-11-20(14,22)18(16)9-10-19(13,17)2/h3-5,16-18,22H,1,6-12H2,2H3/t16?,17?,18?,19-,20-/m1/s1. The van der Waals surface area contributed by atoms with Crippen LogP contribution in [0.1, 0.15) is 51.9 Å². The van der Waals surface area contributed by atoms with Crippen LogP contribution in [0.15, 0.2) is 36.0 Å². The van der Waals surface area contributed by atoms with Crippen LogP contribution in [0.25, 0.3) is 0 Å². The van der Waals surface area contributed by atoms with Crippen molar-refractivity contribution in [3.63, 3.8) is 0 Å². The van der Waals surface area contributed by atoms with Gasteiger partial charge in [-0.15, -0.1) is 0 Å². The number of carbonyl (C=O) groups is 1. The molecule has 4 aliphatic carbocycles. The van der Waals surface area contributed by atoms with Gasteiger partial charge in [0, 0.05) is 12.8 Å². The predicted octanol–water partition coefficient (Wildman–Crippen LogP) is 3.97. The first-order valence-electron chi connectivity index (χ1n) is 8.76.